The summed E-state index contributed by atoms with van der Waals surface area (Å²) >= 11 is 3.53. The van der Waals surface area contributed by atoms with E-state index in [1.807, 2.05) is 0 Å². The van der Waals surface area contributed by atoms with Gasteiger partial charge in [-0.2, -0.15) is 12.6 Å². The summed E-state index contributed by atoms with van der Waals surface area (Å²) in [6.07, 6.45) is 5.70. The van der Waals surface area contributed by atoms with Crippen molar-refractivity contribution in [2.75, 3.05) is 12.9 Å². The molecular formula is C22H24OS. The first-order chi connectivity index (χ1) is 11.8. The third kappa shape index (κ3) is 3.29. The second-order valence-corrected chi connectivity index (χ2v) is 6.14. The van der Waals surface area contributed by atoms with E-state index in [1.54, 1.807) is 6.26 Å². The molecule has 0 spiro atoms. The Morgan fingerprint density at radius 2 is 1.38 bits per heavy atom. The van der Waals surface area contributed by atoms with Gasteiger partial charge in [0.1, 0.15) is 5.76 Å². The number of ether oxygens (including phenoxy) is 1. The molecule has 24 heavy (non-hydrogen) atoms. The van der Waals surface area contributed by atoms with E-state index in [0.29, 0.717) is 0 Å². The van der Waals surface area contributed by atoms with Crippen LogP contribution in [0.3, 0.4) is 0 Å². The largest absolute Gasteiger partial charge is 0.497 e. The highest BCUT2D eigenvalue weighted by Gasteiger charge is 2.23. The average Bonchev–Trinajstić information content (AvgIpc) is 2.80. The fourth-order valence-electron chi connectivity index (χ4n) is 3.52. The summed E-state index contributed by atoms with van der Waals surface area (Å²) in [4.78, 5) is 0. The molecule has 1 nitrogen and oxygen atoms in total. The third-order valence-electron chi connectivity index (χ3n) is 4.66. The molecule has 0 amide bonds. The number of rotatable bonds is 0. The summed E-state index contributed by atoms with van der Waals surface area (Å²) in [5, 5.41) is 0. The molecular weight excluding hydrogens is 312 g/mol. The van der Waals surface area contributed by atoms with Gasteiger partial charge >= 0.3 is 0 Å². The molecule has 4 rings (SSSR count). The molecule has 0 aromatic heterocycles. The van der Waals surface area contributed by atoms with Crippen molar-refractivity contribution < 1.29 is 4.74 Å². The highest BCUT2D eigenvalue weighted by molar-refractivity contribution is 7.79. The maximum atomic E-state index is 6.08. The van der Waals surface area contributed by atoms with Crippen LogP contribution in [0.15, 0.2) is 66.4 Å². The molecule has 1 fully saturated rings. The van der Waals surface area contributed by atoms with E-state index in [9.17, 15) is 0 Å². The number of allylic oxidation sites excluding steroid dienone is 1. The van der Waals surface area contributed by atoms with Crippen LogP contribution in [0.5, 0.6) is 0 Å². The topological polar surface area (TPSA) is 9.23 Å². The molecule has 0 atom stereocenters. The summed E-state index contributed by atoms with van der Waals surface area (Å²) < 4.78 is 6.08. The lowest BCUT2D eigenvalue weighted by Crippen LogP contribution is -2.09. The van der Waals surface area contributed by atoms with E-state index in [2.05, 4.69) is 67.7 Å². The number of hydrogen-bond donors (Lipinski definition) is 1. The Hall–Kier alpha value is -1.93. The van der Waals surface area contributed by atoms with Crippen LogP contribution < -0.4 is 0 Å². The Bertz CT molecular complexity index is 724. The van der Waals surface area contributed by atoms with Gasteiger partial charge < -0.3 is 4.74 Å². The molecule has 2 aromatic carbocycles. The summed E-state index contributed by atoms with van der Waals surface area (Å²) in [7, 11) is 0. The Kier molecular flexibility index (Phi) is 5.47. The van der Waals surface area contributed by atoms with Gasteiger partial charge in [-0.05, 0) is 41.4 Å². The number of aryl methyl sites for hydroxylation is 2. The molecule has 1 aliphatic heterocycles. The standard InChI is InChI=1S/C21H20O.CH4S/c1-15-12-13-22-20(14-15)21-18-8-4-2-6-16(18)10-11-17-7-3-5-9-19(17)21;1-2/h2-9H,1,10-14H2;2H,1H3. The molecule has 124 valence electrons. The smallest absolute Gasteiger partial charge is 0.108 e. The summed E-state index contributed by atoms with van der Waals surface area (Å²) in [6, 6.07) is 17.5. The van der Waals surface area contributed by atoms with Crippen molar-refractivity contribution >= 4 is 18.2 Å². The number of benzene rings is 2. The SMILES string of the molecule is C=C1CCOC(=C2c3ccccc3CCc3ccccc32)C1.CS. The zero-order chi connectivity index (χ0) is 16.9. The van der Waals surface area contributed by atoms with Crippen molar-refractivity contribution in [1.82, 2.24) is 0 Å². The molecule has 1 heterocycles. The minimum absolute atomic E-state index is 0.752. The van der Waals surface area contributed by atoms with E-state index in [4.69, 9.17) is 4.74 Å². The maximum absolute atomic E-state index is 6.08. The van der Waals surface area contributed by atoms with Crippen LogP contribution in [0, 0.1) is 0 Å². The maximum Gasteiger partial charge on any atom is 0.108 e. The van der Waals surface area contributed by atoms with Crippen LogP contribution in [0.4, 0.5) is 0 Å². The molecule has 0 radical (unpaired) electrons. The van der Waals surface area contributed by atoms with Gasteiger partial charge in [-0.15, -0.1) is 0 Å². The first-order valence-electron chi connectivity index (χ1n) is 8.47. The Labute approximate surface area is 150 Å². The highest BCUT2D eigenvalue weighted by Crippen LogP contribution is 2.38. The summed E-state index contributed by atoms with van der Waals surface area (Å²) in [5.41, 5.74) is 8.05. The van der Waals surface area contributed by atoms with E-state index in [-0.39, 0.29) is 0 Å². The first kappa shape index (κ1) is 16.9. The minimum atomic E-state index is 0.752. The zero-order valence-corrected chi connectivity index (χ0v) is 15.1. The van der Waals surface area contributed by atoms with Gasteiger partial charge in [0.05, 0.1) is 6.61 Å². The van der Waals surface area contributed by atoms with Crippen molar-refractivity contribution in [2.45, 2.75) is 25.7 Å². The Morgan fingerprint density at radius 1 is 0.833 bits per heavy atom. The van der Waals surface area contributed by atoms with Crippen LogP contribution in [0.2, 0.25) is 0 Å². The van der Waals surface area contributed by atoms with E-state index in [0.717, 1.165) is 38.0 Å². The number of thiol groups is 1. The monoisotopic (exact) mass is 336 g/mol. The van der Waals surface area contributed by atoms with Crippen LogP contribution in [0.25, 0.3) is 5.57 Å². The quantitative estimate of drug-likeness (QED) is 0.497. The fraction of sp³-hybridized carbons (Fsp3) is 0.273. The predicted molar refractivity (Wildman–Crippen MR) is 106 cm³/mol. The zero-order valence-electron chi connectivity index (χ0n) is 14.2. The van der Waals surface area contributed by atoms with Crippen LogP contribution in [-0.2, 0) is 17.6 Å². The number of hydrogen-bond acceptors (Lipinski definition) is 2. The first-order valence-corrected chi connectivity index (χ1v) is 9.36. The van der Waals surface area contributed by atoms with E-state index < -0.39 is 0 Å². The molecule has 0 unspecified atom stereocenters. The minimum Gasteiger partial charge on any atom is -0.497 e. The van der Waals surface area contributed by atoms with Crippen molar-refractivity contribution in [1.29, 1.82) is 0 Å². The normalized spacial score (nSPS) is 16.2. The molecule has 2 aromatic rings. The molecule has 0 saturated carbocycles. The second kappa shape index (κ2) is 7.76. The van der Waals surface area contributed by atoms with Crippen LogP contribution >= 0.6 is 12.6 Å². The Morgan fingerprint density at radius 3 is 1.92 bits per heavy atom. The highest BCUT2D eigenvalue weighted by atomic mass is 32.1. The lowest BCUT2D eigenvalue weighted by Gasteiger charge is -2.23. The summed E-state index contributed by atoms with van der Waals surface area (Å²) in [6.45, 7) is 4.93. The van der Waals surface area contributed by atoms with Crippen molar-refractivity contribution in [3.8, 4) is 0 Å². The molecule has 0 N–H and O–H groups in total. The summed E-state index contributed by atoms with van der Waals surface area (Å²) in [5.74, 6) is 1.10. The molecule has 2 aliphatic rings. The van der Waals surface area contributed by atoms with Crippen molar-refractivity contribution in [3.05, 3.63) is 88.7 Å². The molecule has 1 aliphatic carbocycles. The molecule has 2 heteroatoms. The fourth-order valence-corrected chi connectivity index (χ4v) is 3.52. The number of fused-ring (bicyclic) bond motifs is 2. The molecule has 0 bridgehead atoms. The van der Waals surface area contributed by atoms with Gasteiger partial charge in [-0.3, -0.25) is 0 Å². The Balaban J connectivity index is 0.000000815. The third-order valence-corrected chi connectivity index (χ3v) is 4.66. The van der Waals surface area contributed by atoms with Crippen molar-refractivity contribution in [3.63, 3.8) is 0 Å². The van der Waals surface area contributed by atoms with Crippen molar-refractivity contribution in [2.24, 2.45) is 0 Å². The van der Waals surface area contributed by atoms with Gasteiger partial charge in [0, 0.05) is 18.4 Å². The van der Waals surface area contributed by atoms with Gasteiger partial charge in [0.2, 0.25) is 0 Å². The predicted octanol–water partition coefficient (Wildman–Crippen LogP) is 5.46. The average molecular weight is 337 g/mol. The van der Waals surface area contributed by atoms with E-state index in [1.165, 1.54) is 33.4 Å². The molecule has 1 saturated heterocycles. The van der Waals surface area contributed by atoms with Gasteiger partial charge in [0.25, 0.3) is 0 Å². The lowest BCUT2D eigenvalue weighted by atomic mass is 9.90. The van der Waals surface area contributed by atoms with Crippen LogP contribution in [-0.4, -0.2) is 12.9 Å². The lowest BCUT2D eigenvalue weighted by molar-refractivity contribution is 0.191. The van der Waals surface area contributed by atoms with Crippen LogP contribution in [0.1, 0.15) is 35.1 Å². The van der Waals surface area contributed by atoms with Gasteiger partial charge in [0.15, 0.2) is 0 Å². The van der Waals surface area contributed by atoms with Gasteiger partial charge in [-0.1, -0.05) is 60.7 Å². The van der Waals surface area contributed by atoms with E-state index >= 15 is 0 Å². The second-order valence-electron chi connectivity index (χ2n) is 6.14. The van der Waals surface area contributed by atoms with Gasteiger partial charge in [-0.25, -0.2) is 0 Å².